The van der Waals surface area contributed by atoms with Crippen LogP contribution in [0.4, 0.5) is 0 Å². The second-order valence-electron chi connectivity index (χ2n) is 2.48. The predicted octanol–water partition coefficient (Wildman–Crippen LogP) is -2.55. The van der Waals surface area contributed by atoms with E-state index in [9.17, 15) is 14.4 Å². The third-order valence-corrected chi connectivity index (χ3v) is 1.29. The Morgan fingerprint density at radius 3 is 1.25 bits per heavy atom. The molecule has 10 heteroatoms. The molecule has 4 N–H and O–H groups in total. The molecule has 0 saturated carbocycles. The van der Waals surface area contributed by atoms with E-state index in [4.69, 9.17) is 20.4 Å². The zero-order chi connectivity index (χ0) is 10.6. The summed E-state index contributed by atoms with van der Waals surface area (Å²) in [6.45, 7) is 0. The van der Waals surface area contributed by atoms with Gasteiger partial charge < -0.3 is 20.4 Å². The summed E-state index contributed by atoms with van der Waals surface area (Å²) >= 11 is 0. The fourth-order valence-electron chi connectivity index (χ4n) is 0.714. The Morgan fingerprint density at radius 2 is 1.12 bits per heavy atom. The molecule has 0 spiro atoms. The molecule has 0 aromatic carbocycles. The Kier molecular flexibility index (Phi) is 18.1. The van der Waals surface area contributed by atoms with Crippen molar-refractivity contribution < 1.29 is 57.2 Å². The number of carboxylic acids is 3. The van der Waals surface area contributed by atoms with E-state index < -0.39 is 36.4 Å². The fourth-order valence-corrected chi connectivity index (χ4v) is 0.714. The van der Waals surface area contributed by atoms with Crippen molar-refractivity contribution >= 4 is 77.0 Å². The summed E-state index contributed by atoms with van der Waals surface area (Å²) in [5, 5.41) is 33.8. The van der Waals surface area contributed by atoms with Crippen LogP contribution in [0.1, 0.15) is 12.8 Å². The molecule has 0 rings (SSSR count). The SMILES string of the molecule is O=C(O)CC(O)(CC(=O)O)C(=O)O.[Au].[NaH].[NaH]. The standard InChI is InChI=1S/C6H8O7.Au.2Na.2H/c7-3(8)1-6(13,5(11)12)2-4(9)10;;;;;/h13H,1-2H2,(H,7,8)(H,9,10)(H,11,12);;;;;. The molecule has 0 fully saturated rings. The van der Waals surface area contributed by atoms with Crippen molar-refractivity contribution in [1.82, 2.24) is 0 Å². The molecule has 0 bridgehead atoms. The molecule has 0 unspecified atom stereocenters. The second-order valence-corrected chi connectivity index (χ2v) is 2.48. The van der Waals surface area contributed by atoms with Gasteiger partial charge in [0, 0.05) is 22.4 Å². The normalized spacial score (nSPS) is 8.81. The molecule has 0 amide bonds. The molecule has 89 valence electrons. The zero-order valence-electron chi connectivity index (χ0n) is 6.73. The van der Waals surface area contributed by atoms with Gasteiger partial charge in [0.05, 0.1) is 12.8 Å². The zero-order valence-corrected chi connectivity index (χ0v) is 8.90. The molecular formula is C6H10AuNa2O7. The number of rotatable bonds is 5. The molecule has 0 aliphatic carbocycles. The van der Waals surface area contributed by atoms with Crippen molar-refractivity contribution in [3.8, 4) is 0 Å². The minimum absolute atomic E-state index is 0. The molecule has 0 aliphatic rings. The van der Waals surface area contributed by atoms with Gasteiger partial charge >= 0.3 is 77.0 Å². The first-order chi connectivity index (χ1) is 5.78. The molecule has 1 radical (unpaired) electrons. The van der Waals surface area contributed by atoms with Gasteiger partial charge in [0.2, 0.25) is 0 Å². The first-order valence-electron chi connectivity index (χ1n) is 3.17. The first kappa shape index (κ1) is 25.8. The molecule has 0 aromatic heterocycles. The van der Waals surface area contributed by atoms with E-state index in [2.05, 4.69) is 0 Å². The van der Waals surface area contributed by atoms with E-state index in [0.717, 1.165) is 0 Å². The topological polar surface area (TPSA) is 132 Å². The van der Waals surface area contributed by atoms with Crippen molar-refractivity contribution in [2.45, 2.75) is 18.4 Å². The maximum absolute atomic E-state index is 10.3. The third-order valence-electron chi connectivity index (χ3n) is 1.29. The van der Waals surface area contributed by atoms with Crippen LogP contribution in [0.5, 0.6) is 0 Å². The molecule has 7 nitrogen and oxygen atoms in total. The van der Waals surface area contributed by atoms with Crippen molar-refractivity contribution in [3.63, 3.8) is 0 Å². The van der Waals surface area contributed by atoms with Gasteiger partial charge in [-0.1, -0.05) is 0 Å². The number of hydrogen-bond acceptors (Lipinski definition) is 4. The number of carboxylic acid groups (broad SMARTS) is 3. The summed E-state index contributed by atoms with van der Waals surface area (Å²) in [5.41, 5.74) is -2.74. The molecular weight excluding hydrogens is 427 g/mol. The van der Waals surface area contributed by atoms with E-state index in [1.54, 1.807) is 0 Å². The molecule has 0 heterocycles. The van der Waals surface area contributed by atoms with Crippen molar-refractivity contribution in [2.24, 2.45) is 0 Å². The summed E-state index contributed by atoms with van der Waals surface area (Å²) in [4.78, 5) is 30.5. The van der Waals surface area contributed by atoms with Crippen LogP contribution in [-0.2, 0) is 36.8 Å². The van der Waals surface area contributed by atoms with Gasteiger partial charge in [0.15, 0.2) is 5.60 Å². The Balaban J connectivity index is -0.000000240. The number of aliphatic carboxylic acids is 3. The van der Waals surface area contributed by atoms with E-state index in [1.807, 2.05) is 0 Å². The summed E-state index contributed by atoms with van der Waals surface area (Å²) in [7, 11) is 0. The van der Waals surface area contributed by atoms with Crippen LogP contribution in [0.15, 0.2) is 0 Å². The average molecular weight is 437 g/mol. The van der Waals surface area contributed by atoms with Gasteiger partial charge in [0.1, 0.15) is 0 Å². The van der Waals surface area contributed by atoms with Gasteiger partial charge in [-0.2, -0.15) is 0 Å². The van der Waals surface area contributed by atoms with E-state index in [0.29, 0.717) is 0 Å². The van der Waals surface area contributed by atoms with Crippen LogP contribution in [-0.4, -0.2) is 103 Å². The summed E-state index contributed by atoms with van der Waals surface area (Å²) in [5.74, 6) is -5.02. The molecule has 0 aliphatic heterocycles. The van der Waals surface area contributed by atoms with Gasteiger partial charge in [-0.25, -0.2) is 4.79 Å². The Hall–Kier alpha value is 1.11. The van der Waals surface area contributed by atoms with Crippen LogP contribution < -0.4 is 0 Å². The molecule has 16 heavy (non-hydrogen) atoms. The fraction of sp³-hybridized carbons (Fsp3) is 0.500. The first-order valence-corrected chi connectivity index (χ1v) is 3.17. The van der Waals surface area contributed by atoms with Gasteiger partial charge in [-0.05, 0) is 0 Å². The Labute approximate surface area is 151 Å². The predicted molar refractivity (Wildman–Crippen MR) is 51.4 cm³/mol. The van der Waals surface area contributed by atoms with Crippen molar-refractivity contribution in [2.75, 3.05) is 0 Å². The van der Waals surface area contributed by atoms with E-state index in [-0.39, 0.29) is 81.5 Å². The van der Waals surface area contributed by atoms with Crippen LogP contribution in [0.3, 0.4) is 0 Å². The Morgan fingerprint density at radius 1 is 0.875 bits per heavy atom. The average Bonchev–Trinajstić information content (AvgIpc) is 1.82. The van der Waals surface area contributed by atoms with Crippen molar-refractivity contribution in [3.05, 3.63) is 0 Å². The van der Waals surface area contributed by atoms with E-state index in [1.165, 1.54) is 0 Å². The monoisotopic (exact) mass is 437 g/mol. The number of carbonyl (C=O) groups is 3. The van der Waals surface area contributed by atoms with E-state index >= 15 is 0 Å². The van der Waals surface area contributed by atoms with Crippen LogP contribution in [0.2, 0.25) is 0 Å². The summed E-state index contributed by atoms with van der Waals surface area (Å²) < 4.78 is 0. The summed E-state index contributed by atoms with van der Waals surface area (Å²) in [6.07, 6.45) is -2.29. The second kappa shape index (κ2) is 11.2. The summed E-state index contributed by atoms with van der Waals surface area (Å²) in [6, 6.07) is 0. The Bertz CT molecular complexity index is 241. The molecule has 0 atom stereocenters. The third kappa shape index (κ3) is 10.3. The van der Waals surface area contributed by atoms with Crippen LogP contribution in [0.25, 0.3) is 0 Å². The number of aliphatic hydroxyl groups is 1. The van der Waals surface area contributed by atoms with Crippen LogP contribution in [0, 0.1) is 0 Å². The van der Waals surface area contributed by atoms with Gasteiger partial charge in [-0.15, -0.1) is 0 Å². The van der Waals surface area contributed by atoms with Gasteiger partial charge in [-0.3, -0.25) is 9.59 Å². The van der Waals surface area contributed by atoms with Crippen molar-refractivity contribution in [1.29, 1.82) is 0 Å². The van der Waals surface area contributed by atoms with Crippen LogP contribution >= 0.6 is 0 Å². The minimum atomic E-state index is -2.74. The molecule has 0 saturated heterocycles. The van der Waals surface area contributed by atoms with Gasteiger partial charge in [0.25, 0.3) is 0 Å². The number of hydrogen-bond donors (Lipinski definition) is 4. The molecule has 0 aromatic rings. The quantitative estimate of drug-likeness (QED) is 0.349. The maximum atomic E-state index is 10.3.